The van der Waals surface area contributed by atoms with Crippen LogP contribution in [0.25, 0.3) is 0 Å². The van der Waals surface area contributed by atoms with E-state index in [-0.39, 0.29) is 37.7 Å². The number of benzene rings is 2. The van der Waals surface area contributed by atoms with Crippen molar-refractivity contribution in [1.82, 2.24) is 10.2 Å². The number of sulfonamides is 1. The van der Waals surface area contributed by atoms with Crippen LogP contribution in [0.2, 0.25) is 10.0 Å². The lowest BCUT2D eigenvalue weighted by atomic mass is 10.1. The van der Waals surface area contributed by atoms with Gasteiger partial charge in [-0.3, -0.25) is 13.9 Å². The Morgan fingerprint density at radius 2 is 1.68 bits per heavy atom. The third-order valence-electron chi connectivity index (χ3n) is 6.05. The summed E-state index contributed by atoms with van der Waals surface area (Å²) in [4.78, 5) is 28.1. The maximum atomic E-state index is 13.5. The number of halogens is 2. The predicted molar refractivity (Wildman–Crippen MR) is 152 cm³/mol. The number of nitrogens with one attached hydrogen (secondary N) is 1. The first-order valence-electron chi connectivity index (χ1n) is 12.5. The van der Waals surface area contributed by atoms with Gasteiger partial charge in [-0.25, -0.2) is 8.42 Å². The fraction of sp³-hybridized carbons (Fsp3) is 0.481. The van der Waals surface area contributed by atoms with Crippen molar-refractivity contribution < 1.29 is 18.0 Å². The number of nitrogens with zero attached hydrogens (tertiary/aromatic N) is 2. The number of rotatable bonds is 14. The molecule has 1 N–H and O–H groups in total. The van der Waals surface area contributed by atoms with E-state index >= 15 is 0 Å². The number of amides is 2. The van der Waals surface area contributed by atoms with Crippen LogP contribution < -0.4 is 9.62 Å². The van der Waals surface area contributed by atoms with E-state index in [1.54, 1.807) is 36.4 Å². The second kappa shape index (κ2) is 14.6. The summed E-state index contributed by atoms with van der Waals surface area (Å²) < 4.78 is 26.3. The Balaban J connectivity index is 2.25. The summed E-state index contributed by atoms with van der Waals surface area (Å²) in [5.41, 5.74) is 2.05. The minimum Gasteiger partial charge on any atom is -0.354 e. The van der Waals surface area contributed by atoms with E-state index in [0.29, 0.717) is 34.3 Å². The van der Waals surface area contributed by atoms with Gasteiger partial charge >= 0.3 is 0 Å². The van der Waals surface area contributed by atoms with Crippen molar-refractivity contribution in [3.8, 4) is 0 Å². The van der Waals surface area contributed by atoms with Crippen molar-refractivity contribution in [3.63, 3.8) is 0 Å². The number of unbranched alkanes of at least 4 members (excludes halogenated alkanes) is 1. The maximum Gasteiger partial charge on any atom is 0.242 e. The van der Waals surface area contributed by atoms with Crippen LogP contribution in [0, 0.1) is 6.92 Å². The summed E-state index contributed by atoms with van der Waals surface area (Å²) in [6, 6.07) is 11.6. The molecule has 1 atom stereocenters. The van der Waals surface area contributed by atoms with E-state index in [0.717, 1.165) is 24.7 Å². The maximum absolute atomic E-state index is 13.5. The molecule has 37 heavy (non-hydrogen) atoms. The highest BCUT2D eigenvalue weighted by Crippen LogP contribution is 2.27. The number of aryl methyl sites for hydroxylation is 1. The standard InChI is InChI=1S/C27H37Cl2N3O4S/c1-5-7-16-30-27(34)25(6-2)31(19-22-23(28)13-9-14-24(22)29)26(33)15-10-17-32(37(4,35)36)21-12-8-11-20(3)18-21/h8-9,11-14,18,25H,5-7,10,15-17,19H2,1-4H3,(H,30,34). The molecule has 1 unspecified atom stereocenters. The van der Waals surface area contributed by atoms with Crippen molar-refractivity contribution in [1.29, 1.82) is 0 Å². The molecular formula is C27H37Cl2N3O4S. The second-order valence-corrected chi connectivity index (χ2v) is 11.8. The molecule has 2 aromatic carbocycles. The third-order valence-corrected chi connectivity index (χ3v) is 7.95. The molecule has 2 amide bonds. The van der Waals surface area contributed by atoms with Gasteiger partial charge in [-0.05, 0) is 56.0 Å². The van der Waals surface area contributed by atoms with Gasteiger partial charge in [0.05, 0.1) is 11.9 Å². The first kappa shape index (κ1) is 30.9. The first-order valence-corrected chi connectivity index (χ1v) is 15.1. The molecule has 0 heterocycles. The quantitative estimate of drug-likeness (QED) is 0.301. The zero-order chi connectivity index (χ0) is 27.6. The molecule has 0 spiro atoms. The summed E-state index contributed by atoms with van der Waals surface area (Å²) in [5, 5.41) is 3.74. The van der Waals surface area contributed by atoms with E-state index in [1.807, 2.05) is 26.8 Å². The highest BCUT2D eigenvalue weighted by Gasteiger charge is 2.29. The summed E-state index contributed by atoms with van der Waals surface area (Å²) in [5.74, 6) is -0.504. The molecule has 0 radical (unpaired) electrons. The van der Waals surface area contributed by atoms with Gasteiger partial charge in [0.25, 0.3) is 0 Å². The molecule has 0 aliphatic rings. The zero-order valence-electron chi connectivity index (χ0n) is 22.0. The van der Waals surface area contributed by atoms with Crippen LogP contribution in [0.3, 0.4) is 0 Å². The van der Waals surface area contributed by atoms with Gasteiger partial charge in [0.1, 0.15) is 6.04 Å². The summed E-state index contributed by atoms with van der Waals surface area (Å²) in [6.45, 7) is 6.51. The topological polar surface area (TPSA) is 86.8 Å². The highest BCUT2D eigenvalue weighted by atomic mass is 35.5. The van der Waals surface area contributed by atoms with Gasteiger partial charge < -0.3 is 10.2 Å². The Morgan fingerprint density at radius 3 is 2.24 bits per heavy atom. The van der Waals surface area contributed by atoms with Gasteiger partial charge in [-0.2, -0.15) is 0 Å². The fourth-order valence-corrected chi connectivity index (χ4v) is 5.54. The summed E-state index contributed by atoms with van der Waals surface area (Å²) >= 11 is 12.8. The Labute approximate surface area is 231 Å². The molecule has 0 saturated heterocycles. The molecule has 204 valence electrons. The lowest BCUT2D eigenvalue weighted by Gasteiger charge is -2.31. The Kier molecular flexibility index (Phi) is 12.2. The number of carbonyl (C=O) groups is 2. The van der Waals surface area contributed by atoms with E-state index in [2.05, 4.69) is 5.32 Å². The average Bonchev–Trinajstić information content (AvgIpc) is 2.82. The van der Waals surface area contributed by atoms with Crippen molar-refractivity contribution in [2.75, 3.05) is 23.7 Å². The lowest BCUT2D eigenvalue weighted by molar-refractivity contribution is -0.141. The molecule has 7 nitrogen and oxygen atoms in total. The van der Waals surface area contributed by atoms with Gasteiger partial charge in [-0.15, -0.1) is 0 Å². The van der Waals surface area contributed by atoms with Crippen molar-refractivity contribution in [2.45, 2.75) is 65.5 Å². The van der Waals surface area contributed by atoms with Gasteiger partial charge in [0.2, 0.25) is 21.8 Å². The number of hydrogen-bond acceptors (Lipinski definition) is 4. The fourth-order valence-electron chi connectivity index (χ4n) is 4.07. The molecule has 0 aromatic heterocycles. The Hall–Kier alpha value is -2.29. The smallest absolute Gasteiger partial charge is 0.242 e. The van der Waals surface area contributed by atoms with Gasteiger partial charge in [-0.1, -0.05) is 61.7 Å². The normalized spacial score (nSPS) is 12.2. The molecule has 10 heteroatoms. The van der Waals surface area contributed by atoms with E-state index < -0.39 is 16.1 Å². The Bertz CT molecular complexity index is 1150. The number of carbonyl (C=O) groups excluding carboxylic acids is 2. The average molecular weight is 571 g/mol. The van der Waals surface area contributed by atoms with Crippen LogP contribution >= 0.6 is 23.2 Å². The predicted octanol–water partition coefficient (Wildman–Crippen LogP) is 5.57. The van der Waals surface area contributed by atoms with Crippen LogP contribution in [-0.4, -0.2) is 50.5 Å². The largest absolute Gasteiger partial charge is 0.354 e. The van der Waals surface area contributed by atoms with Crippen molar-refractivity contribution in [3.05, 3.63) is 63.6 Å². The van der Waals surface area contributed by atoms with E-state index in [4.69, 9.17) is 23.2 Å². The van der Waals surface area contributed by atoms with E-state index in [9.17, 15) is 18.0 Å². The number of anilines is 1. The van der Waals surface area contributed by atoms with Crippen molar-refractivity contribution in [2.24, 2.45) is 0 Å². The summed E-state index contributed by atoms with van der Waals surface area (Å²) in [6.07, 6.45) is 3.67. The minimum atomic E-state index is -3.55. The highest BCUT2D eigenvalue weighted by molar-refractivity contribution is 7.92. The molecule has 2 rings (SSSR count). The van der Waals surface area contributed by atoms with Gasteiger partial charge in [0, 0.05) is 41.7 Å². The van der Waals surface area contributed by atoms with E-state index in [1.165, 1.54) is 9.21 Å². The molecule has 0 aliphatic carbocycles. The van der Waals surface area contributed by atoms with Crippen LogP contribution in [0.5, 0.6) is 0 Å². The third kappa shape index (κ3) is 9.20. The minimum absolute atomic E-state index is 0.0542. The van der Waals surface area contributed by atoms with Gasteiger partial charge in [0.15, 0.2) is 0 Å². The number of hydrogen-bond donors (Lipinski definition) is 1. The Morgan fingerprint density at radius 1 is 1.03 bits per heavy atom. The second-order valence-electron chi connectivity index (χ2n) is 9.07. The zero-order valence-corrected chi connectivity index (χ0v) is 24.3. The van der Waals surface area contributed by atoms with Crippen LogP contribution in [0.1, 0.15) is 57.1 Å². The van der Waals surface area contributed by atoms with Crippen LogP contribution in [-0.2, 0) is 26.2 Å². The molecule has 0 fully saturated rings. The molecule has 2 aromatic rings. The summed E-state index contributed by atoms with van der Waals surface area (Å²) in [7, 11) is -3.55. The molecule has 0 bridgehead atoms. The molecule has 0 saturated carbocycles. The lowest BCUT2D eigenvalue weighted by Crippen LogP contribution is -2.49. The monoisotopic (exact) mass is 569 g/mol. The van der Waals surface area contributed by atoms with Crippen LogP contribution in [0.15, 0.2) is 42.5 Å². The molecule has 0 aliphatic heterocycles. The SMILES string of the molecule is CCCCNC(=O)C(CC)N(Cc1c(Cl)cccc1Cl)C(=O)CCCN(c1cccc(C)c1)S(C)(=O)=O. The van der Waals surface area contributed by atoms with Crippen molar-refractivity contribution >= 4 is 50.7 Å². The first-order chi connectivity index (χ1) is 17.5. The van der Waals surface area contributed by atoms with Crippen LogP contribution in [0.4, 0.5) is 5.69 Å². The molecular weight excluding hydrogens is 533 g/mol.